The van der Waals surface area contributed by atoms with Crippen LogP contribution in [0.5, 0.6) is 0 Å². The van der Waals surface area contributed by atoms with E-state index in [1.807, 2.05) is 11.7 Å². The van der Waals surface area contributed by atoms with E-state index in [2.05, 4.69) is 9.39 Å². The van der Waals surface area contributed by atoms with E-state index < -0.39 is 0 Å². The first kappa shape index (κ1) is 7.35. The van der Waals surface area contributed by atoms with E-state index in [0.29, 0.717) is 0 Å². The molecule has 0 saturated carbocycles. The Morgan fingerprint density at radius 1 is 1.71 bits per heavy atom. The normalized spacial score (nSPS) is 10.3. The molecule has 44 valence electrons. The van der Waals surface area contributed by atoms with Crippen LogP contribution < -0.4 is 5.73 Å². The highest BCUT2D eigenvalue weighted by Gasteiger charge is 1.84. The van der Waals surface area contributed by atoms with Crippen LogP contribution in [0, 0.1) is 0 Å². The van der Waals surface area contributed by atoms with Crippen molar-refractivity contribution in [2.24, 2.45) is 5.73 Å². The Morgan fingerprint density at radius 2 is 2.29 bits per heavy atom. The molecule has 0 fully saturated rings. The minimum absolute atomic E-state index is 0.790. The summed E-state index contributed by atoms with van der Waals surface area (Å²) in [5.74, 6) is 0. The Morgan fingerprint density at radius 3 is 2.43 bits per heavy atom. The predicted octanol–water partition coefficient (Wildman–Crippen LogP) is 0.0571. The molecule has 1 atom stereocenters. The van der Waals surface area contributed by atoms with Gasteiger partial charge >= 0.3 is 0 Å². The van der Waals surface area contributed by atoms with Crippen molar-refractivity contribution in [3.8, 4) is 0 Å². The second kappa shape index (κ2) is 4.51. The lowest BCUT2D eigenvalue weighted by atomic mass is 10.4. The molecule has 3 heteroatoms. The molecule has 0 spiro atoms. The van der Waals surface area contributed by atoms with Gasteiger partial charge in [-0.05, 0) is 20.0 Å². The van der Waals surface area contributed by atoms with Gasteiger partial charge in [-0.1, -0.05) is 9.39 Å². The van der Waals surface area contributed by atoms with Gasteiger partial charge in [0, 0.05) is 6.54 Å². The fourth-order valence-corrected chi connectivity index (χ4v) is 0.523. The van der Waals surface area contributed by atoms with Gasteiger partial charge in [0.25, 0.3) is 0 Å². The summed E-state index contributed by atoms with van der Waals surface area (Å²) >= 11 is 0. The second-order valence-corrected chi connectivity index (χ2v) is 2.50. The molecule has 7 heavy (non-hydrogen) atoms. The third-order valence-electron chi connectivity index (χ3n) is 0.715. The molecule has 0 aromatic rings. The van der Waals surface area contributed by atoms with Gasteiger partial charge in [0.1, 0.15) is 0 Å². The van der Waals surface area contributed by atoms with Crippen LogP contribution in [0.15, 0.2) is 0 Å². The summed E-state index contributed by atoms with van der Waals surface area (Å²) in [5, 5.41) is 0. The lowest BCUT2D eigenvalue weighted by molar-refractivity contribution is 0.546. The van der Waals surface area contributed by atoms with E-state index in [4.69, 9.17) is 5.73 Å². The molecule has 0 radical (unpaired) electrons. The summed E-state index contributed by atoms with van der Waals surface area (Å²) in [6, 6.07) is 0. The Bertz CT molecular complexity index is 38.7. The molecule has 1 unspecified atom stereocenters. The maximum absolute atomic E-state index is 5.24. The Kier molecular flexibility index (Phi) is 4.73. The monoisotopic (exact) mass is 120 g/mol. The molecular formula is C4H13N2P. The number of nitrogens with zero attached hydrogens (tertiary/aromatic N) is 1. The van der Waals surface area contributed by atoms with Crippen molar-refractivity contribution in [3.05, 3.63) is 0 Å². The summed E-state index contributed by atoms with van der Waals surface area (Å²) in [6.07, 6.45) is 1.08. The van der Waals surface area contributed by atoms with E-state index in [1.165, 1.54) is 0 Å². The fraction of sp³-hybridized carbons (Fsp3) is 1.00. The predicted molar refractivity (Wildman–Crippen MR) is 36.0 cm³/mol. The zero-order valence-corrected chi connectivity index (χ0v) is 5.88. The number of hydrogen-bond donors (Lipinski definition) is 1. The Labute approximate surface area is 47.3 Å². The quantitative estimate of drug-likeness (QED) is 0.533. The summed E-state index contributed by atoms with van der Waals surface area (Å²) in [6.45, 7) is 1.86. The van der Waals surface area contributed by atoms with Crippen molar-refractivity contribution >= 4 is 9.39 Å². The fourth-order valence-electron chi connectivity index (χ4n) is 0.341. The van der Waals surface area contributed by atoms with Crippen LogP contribution in [0.4, 0.5) is 0 Å². The molecule has 0 aromatic heterocycles. The van der Waals surface area contributed by atoms with E-state index in [0.717, 1.165) is 19.5 Å². The van der Waals surface area contributed by atoms with E-state index in [9.17, 15) is 0 Å². The Balaban J connectivity index is 2.68. The van der Waals surface area contributed by atoms with Crippen LogP contribution in [-0.2, 0) is 0 Å². The summed E-state index contributed by atoms with van der Waals surface area (Å²) in [5.41, 5.74) is 5.24. The third kappa shape index (κ3) is 6.35. The minimum Gasteiger partial charge on any atom is -0.330 e. The smallest absolute Gasteiger partial charge is 0.00251 e. The van der Waals surface area contributed by atoms with Crippen molar-refractivity contribution in [1.29, 1.82) is 0 Å². The lowest BCUT2D eigenvalue weighted by Crippen LogP contribution is -2.10. The average molecular weight is 120 g/mol. The molecule has 2 N–H and O–H groups in total. The molecule has 0 aliphatic carbocycles. The molecule has 0 saturated heterocycles. The van der Waals surface area contributed by atoms with Crippen molar-refractivity contribution in [2.75, 3.05) is 20.1 Å². The molecular weight excluding hydrogens is 107 g/mol. The summed E-state index contributed by atoms with van der Waals surface area (Å²) < 4.78 is 2.05. The summed E-state index contributed by atoms with van der Waals surface area (Å²) in [4.78, 5) is 0. The third-order valence-corrected chi connectivity index (χ3v) is 0.973. The van der Waals surface area contributed by atoms with E-state index in [-0.39, 0.29) is 0 Å². The van der Waals surface area contributed by atoms with Crippen molar-refractivity contribution in [3.63, 3.8) is 0 Å². The maximum atomic E-state index is 5.24. The van der Waals surface area contributed by atoms with Crippen LogP contribution in [0.2, 0.25) is 0 Å². The van der Waals surface area contributed by atoms with E-state index in [1.54, 1.807) is 0 Å². The van der Waals surface area contributed by atoms with Crippen molar-refractivity contribution in [2.45, 2.75) is 6.42 Å². The molecule has 0 rings (SSSR count). The van der Waals surface area contributed by atoms with Gasteiger partial charge in [-0.2, -0.15) is 0 Å². The first-order valence-electron chi connectivity index (χ1n) is 2.43. The molecule has 0 aliphatic rings. The topological polar surface area (TPSA) is 29.3 Å². The SMILES string of the molecule is CN(P)CCCN. The highest BCUT2D eigenvalue weighted by atomic mass is 31.0. The number of nitrogens with two attached hydrogens (primary N) is 1. The highest BCUT2D eigenvalue weighted by molar-refractivity contribution is 7.13. The molecule has 0 heterocycles. The average Bonchev–Trinajstić information content (AvgIpc) is 1.61. The minimum atomic E-state index is 0.790. The van der Waals surface area contributed by atoms with Gasteiger partial charge in [0.2, 0.25) is 0 Å². The zero-order valence-electron chi connectivity index (χ0n) is 4.72. The van der Waals surface area contributed by atoms with Gasteiger partial charge < -0.3 is 5.73 Å². The highest BCUT2D eigenvalue weighted by Crippen LogP contribution is 1.91. The second-order valence-electron chi connectivity index (χ2n) is 1.62. The molecule has 0 bridgehead atoms. The van der Waals surface area contributed by atoms with Gasteiger partial charge in [-0.3, -0.25) is 4.67 Å². The standard InChI is InChI=1S/C4H13N2P/c1-6(7)4-2-3-5/h2-5,7H2,1H3. The number of rotatable bonds is 3. The maximum Gasteiger partial charge on any atom is 0.00251 e. The molecule has 2 nitrogen and oxygen atoms in total. The largest absolute Gasteiger partial charge is 0.330 e. The van der Waals surface area contributed by atoms with Crippen LogP contribution in [-0.4, -0.2) is 24.8 Å². The van der Waals surface area contributed by atoms with Crippen molar-refractivity contribution in [1.82, 2.24) is 4.67 Å². The summed E-state index contributed by atoms with van der Waals surface area (Å²) in [7, 11) is 4.60. The number of hydrogen-bond acceptors (Lipinski definition) is 2. The first-order valence-corrected chi connectivity index (χ1v) is 2.95. The van der Waals surface area contributed by atoms with Gasteiger partial charge in [-0.25, -0.2) is 0 Å². The first-order chi connectivity index (χ1) is 3.27. The van der Waals surface area contributed by atoms with E-state index >= 15 is 0 Å². The molecule has 0 amide bonds. The Hall–Kier alpha value is 0.350. The van der Waals surface area contributed by atoms with Gasteiger partial charge in [-0.15, -0.1) is 0 Å². The zero-order chi connectivity index (χ0) is 5.70. The van der Waals surface area contributed by atoms with Crippen molar-refractivity contribution < 1.29 is 0 Å². The lowest BCUT2D eigenvalue weighted by Gasteiger charge is -2.05. The molecule has 0 aliphatic heterocycles. The molecule has 0 aromatic carbocycles. The van der Waals surface area contributed by atoms with Gasteiger partial charge in [0.15, 0.2) is 0 Å². The van der Waals surface area contributed by atoms with Crippen LogP contribution in [0.25, 0.3) is 0 Å². The van der Waals surface area contributed by atoms with Crippen LogP contribution in [0.3, 0.4) is 0 Å². The van der Waals surface area contributed by atoms with Crippen LogP contribution >= 0.6 is 9.39 Å². The van der Waals surface area contributed by atoms with Gasteiger partial charge in [0.05, 0.1) is 0 Å². The van der Waals surface area contributed by atoms with Crippen LogP contribution in [0.1, 0.15) is 6.42 Å².